The zero-order chi connectivity index (χ0) is 15.4. The minimum Gasteiger partial charge on any atom is -0.352 e. The molecule has 120 valence electrons. The van der Waals surface area contributed by atoms with E-state index in [0.717, 1.165) is 11.6 Å². The number of nitrogens with one attached hydrogen (secondary N) is 1. The van der Waals surface area contributed by atoms with Gasteiger partial charge in [0, 0.05) is 25.7 Å². The van der Waals surface area contributed by atoms with Crippen molar-refractivity contribution in [2.24, 2.45) is 0 Å². The van der Waals surface area contributed by atoms with Gasteiger partial charge in [0.15, 0.2) is 0 Å². The molecule has 0 aromatic carbocycles. The highest BCUT2D eigenvalue weighted by Gasteiger charge is 2.32. The number of nitrogens with zero attached hydrogens (tertiary/aromatic N) is 2. The maximum Gasteiger partial charge on any atom is 0.217 e. The normalized spacial score (nSPS) is 23.6. The number of rotatable bonds is 4. The van der Waals surface area contributed by atoms with Gasteiger partial charge >= 0.3 is 0 Å². The fourth-order valence-corrected chi connectivity index (χ4v) is 3.92. The predicted octanol–water partition coefficient (Wildman–Crippen LogP) is 3.19. The summed E-state index contributed by atoms with van der Waals surface area (Å²) in [5.74, 6) is 0.00310. The molecule has 1 aliphatic carbocycles. The van der Waals surface area contributed by atoms with E-state index in [4.69, 9.17) is 4.98 Å². The first-order valence-corrected chi connectivity index (χ1v) is 8.69. The van der Waals surface area contributed by atoms with Crippen LogP contribution in [0.4, 0.5) is 0 Å². The van der Waals surface area contributed by atoms with Gasteiger partial charge in [0.2, 0.25) is 5.91 Å². The second kappa shape index (κ2) is 7.23. The quantitative estimate of drug-likeness (QED) is 0.929. The third kappa shape index (κ3) is 3.67. The first-order chi connectivity index (χ1) is 10.7. The Kier molecular flexibility index (Phi) is 5.08. The number of amides is 1. The Morgan fingerprint density at radius 2 is 2.05 bits per heavy atom. The lowest BCUT2D eigenvalue weighted by molar-refractivity contribution is -0.119. The molecular weight excluding hydrogens is 274 g/mol. The van der Waals surface area contributed by atoms with Gasteiger partial charge in [-0.2, -0.15) is 0 Å². The minimum absolute atomic E-state index is 0.00310. The van der Waals surface area contributed by atoms with Gasteiger partial charge in [-0.05, 0) is 43.9 Å². The van der Waals surface area contributed by atoms with Crippen LogP contribution >= 0.6 is 0 Å². The van der Waals surface area contributed by atoms with Crippen molar-refractivity contribution in [2.45, 2.75) is 70.5 Å². The number of likely N-dealkylation sites (tertiary alicyclic amines) is 1. The third-order valence-electron chi connectivity index (χ3n) is 5.07. The summed E-state index contributed by atoms with van der Waals surface area (Å²) in [6.45, 7) is 3.34. The van der Waals surface area contributed by atoms with Crippen LogP contribution in [0.15, 0.2) is 18.3 Å². The summed E-state index contributed by atoms with van der Waals surface area (Å²) in [4.78, 5) is 18.4. The van der Waals surface area contributed by atoms with E-state index in [2.05, 4.69) is 22.3 Å². The summed E-state index contributed by atoms with van der Waals surface area (Å²) in [5, 5.41) is 2.82. The monoisotopic (exact) mass is 301 g/mol. The zero-order valence-corrected chi connectivity index (χ0v) is 13.6. The molecule has 4 heteroatoms. The Morgan fingerprint density at radius 1 is 1.23 bits per heavy atom. The predicted molar refractivity (Wildman–Crippen MR) is 87.3 cm³/mol. The molecule has 0 radical (unpaired) electrons. The average Bonchev–Trinajstić information content (AvgIpc) is 3.04. The first-order valence-electron chi connectivity index (χ1n) is 8.69. The number of carbonyl (C=O) groups is 1. The first kappa shape index (κ1) is 15.5. The van der Waals surface area contributed by atoms with Gasteiger partial charge in [-0.1, -0.05) is 25.3 Å². The molecule has 22 heavy (non-hydrogen) atoms. The Morgan fingerprint density at radius 3 is 2.73 bits per heavy atom. The van der Waals surface area contributed by atoms with Crippen molar-refractivity contribution in [2.75, 3.05) is 6.54 Å². The molecule has 1 aromatic rings. The summed E-state index contributed by atoms with van der Waals surface area (Å²) < 4.78 is 0. The van der Waals surface area contributed by atoms with Crippen LogP contribution in [0.25, 0.3) is 0 Å². The number of carbonyl (C=O) groups excluding carboxylic acids is 1. The molecule has 2 fully saturated rings. The Labute approximate surface area is 133 Å². The van der Waals surface area contributed by atoms with Crippen LogP contribution in [0.3, 0.4) is 0 Å². The molecule has 0 unspecified atom stereocenters. The molecular formula is C18H27N3O. The second-order valence-corrected chi connectivity index (χ2v) is 6.69. The van der Waals surface area contributed by atoms with Crippen LogP contribution in [0.2, 0.25) is 0 Å². The number of pyridine rings is 1. The molecule has 1 atom stereocenters. The van der Waals surface area contributed by atoms with Crippen molar-refractivity contribution in [3.8, 4) is 0 Å². The van der Waals surface area contributed by atoms with E-state index in [-0.39, 0.29) is 5.91 Å². The largest absolute Gasteiger partial charge is 0.352 e. The summed E-state index contributed by atoms with van der Waals surface area (Å²) in [6, 6.07) is 5.53. The van der Waals surface area contributed by atoms with Gasteiger partial charge in [-0.25, -0.2) is 0 Å². The summed E-state index contributed by atoms with van der Waals surface area (Å²) in [6.07, 6.45) is 11.3. The van der Waals surface area contributed by atoms with E-state index < -0.39 is 0 Å². The highest BCUT2D eigenvalue weighted by atomic mass is 16.1. The number of hydrogen-bond donors (Lipinski definition) is 1. The SMILES string of the molecule is CC(=O)NCc1ccc([C@@H]2CCCN2C2CCCCC2)nc1. The molecule has 4 nitrogen and oxygen atoms in total. The summed E-state index contributed by atoms with van der Waals surface area (Å²) >= 11 is 0. The molecule has 2 heterocycles. The smallest absolute Gasteiger partial charge is 0.217 e. The average molecular weight is 301 g/mol. The van der Waals surface area contributed by atoms with E-state index in [1.54, 1.807) is 6.92 Å². The van der Waals surface area contributed by atoms with Crippen LogP contribution in [-0.4, -0.2) is 28.4 Å². The minimum atomic E-state index is 0.00310. The summed E-state index contributed by atoms with van der Waals surface area (Å²) in [7, 11) is 0. The maximum atomic E-state index is 11.0. The number of aromatic nitrogens is 1. The Balaban J connectivity index is 1.65. The molecule has 0 spiro atoms. The lowest BCUT2D eigenvalue weighted by Gasteiger charge is -2.35. The van der Waals surface area contributed by atoms with E-state index in [0.29, 0.717) is 12.6 Å². The van der Waals surface area contributed by atoms with Gasteiger partial charge in [0.05, 0.1) is 11.7 Å². The molecule has 0 bridgehead atoms. The lowest BCUT2D eigenvalue weighted by Crippen LogP contribution is -2.36. The van der Waals surface area contributed by atoms with Gasteiger partial charge in [0.1, 0.15) is 0 Å². The van der Waals surface area contributed by atoms with Crippen molar-refractivity contribution in [1.82, 2.24) is 15.2 Å². The zero-order valence-electron chi connectivity index (χ0n) is 13.6. The standard InChI is InChI=1S/C18H27N3O/c1-14(22)19-12-15-9-10-17(20-13-15)18-8-5-11-21(18)16-6-3-2-4-7-16/h9-10,13,16,18H,2-8,11-12H2,1H3,(H,19,22)/t18-/m0/s1. The van der Waals surface area contributed by atoms with Crippen molar-refractivity contribution < 1.29 is 4.79 Å². The Hall–Kier alpha value is -1.42. The molecule has 1 N–H and O–H groups in total. The molecule has 3 rings (SSSR count). The van der Waals surface area contributed by atoms with Gasteiger partial charge in [-0.3, -0.25) is 14.7 Å². The molecule has 1 aromatic heterocycles. The van der Waals surface area contributed by atoms with Crippen LogP contribution in [0, 0.1) is 0 Å². The fourth-order valence-electron chi connectivity index (χ4n) is 3.92. The molecule has 1 saturated carbocycles. The molecule has 1 saturated heterocycles. The highest BCUT2D eigenvalue weighted by Crippen LogP contribution is 2.36. The van der Waals surface area contributed by atoms with E-state index in [1.807, 2.05) is 6.20 Å². The van der Waals surface area contributed by atoms with Gasteiger partial charge in [-0.15, -0.1) is 0 Å². The molecule has 2 aliphatic rings. The highest BCUT2D eigenvalue weighted by molar-refractivity contribution is 5.72. The van der Waals surface area contributed by atoms with E-state index in [1.165, 1.54) is 57.2 Å². The second-order valence-electron chi connectivity index (χ2n) is 6.69. The van der Waals surface area contributed by atoms with Gasteiger partial charge in [0.25, 0.3) is 0 Å². The maximum absolute atomic E-state index is 11.0. The van der Waals surface area contributed by atoms with Crippen LogP contribution in [-0.2, 0) is 11.3 Å². The molecule has 1 amide bonds. The van der Waals surface area contributed by atoms with Crippen molar-refractivity contribution in [1.29, 1.82) is 0 Å². The summed E-state index contributed by atoms with van der Waals surface area (Å²) in [5.41, 5.74) is 2.27. The van der Waals surface area contributed by atoms with Crippen molar-refractivity contribution in [3.05, 3.63) is 29.6 Å². The lowest BCUT2D eigenvalue weighted by atomic mass is 9.93. The van der Waals surface area contributed by atoms with Crippen LogP contribution in [0.1, 0.15) is 69.2 Å². The van der Waals surface area contributed by atoms with Gasteiger partial charge < -0.3 is 5.32 Å². The third-order valence-corrected chi connectivity index (χ3v) is 5.07. The van der Waals surface area contributed by atoms with Crippen molar-refractivity contribution >= 4 is 5.91 Å². The van der Waals surface area contributed by atoms with Crippen LogP contribution < -0.4 is 5.32 Å². The fraction of sp³-hybridized carbons (Fsp3) is 0.667. The topological polar surface area (TPSA) is 45.2 Å². The van der Waals surface area contributed by atoms with Crippen molar-refractivity contribution in [3.63, 3.8) is 0 Å². The van der Waals surface area contributed by atoms with E-state index in [9.17, 15) is 4.79 Å². The number of hydrogen-bond acceptors (Lipinski definition) is 3. The molecule has 1 aliphatic heterocycles. The van der Waals surface area contributed by atoms with Crippen LogP contribution in [0.5, 0.6) is 0 Å². The van der Waals surface area contributed by atoms with E-state index >= 15 is 0 Å². The Bertz CT molecular complexity index is 494.